The number of amides is 2. The summed E-state index contributed by atoms with van der Waals surface area (Å²) >= 11 is 1.84. The number of aromatic nitrogens is 2. The Morgan fingerprint density at radius 2 is 2.09 bits per heavy atom. The number of thioether (sulfide) groups is 1. The molecule has 1 aliphatic rings. The number of nitrogens with zero attached hydrogens (tertiary/aromatic N) is 3. The lowest BCUT2D eigenvalue weighted by atomic mass is 10.1. The van der Waals surface area contributed by atoms with Gasteiger partial charge in [-0.3, -0.25) is 0 Å². The maximum absolute atomic E-state index is 14.3. The van der Waals surface area contributed by atoms with Crippen LogP contribution in [0.4, 0.5) is 9.18 Å². The van der Waals surface area contributed by atoms with Crippen LogP contribution in [-0.2, 0) is 7.05 Å². The summed E-state index contributed by atoms with van der Waals surface area (Å²) < 4.78 is 16.0. The van der Waals surface area contributed by atoms with Crippen molar-refractivity contribution in [1.29, 1.82) is 0 Å². The molecule has 2 amide bonds. The molecule has 1 saturated heterocycles. The van der Waals surface area contributed by atoms with E-state index in [-0.39, 0.29) is 11.8 Å². The average molecular weight is 334 g/mol. The number of urea groups is 1. The van der Waals surface area contributed by atoms with Gasteiger partial charge in [-0.05, 0) is 6.07 Å². The van der Waals surface area contributed by atoms with Crippen molar-refractivity contribution >= 4 is 17.8 Å². The SMILES string of the molecule is Cn1ccnc1[C@@H](NC(=O)N1CCSCC1)c1ccccc1F. The molecule has 2 heterocycles. The van der Waals surface area contributed by atoms with Crippen molar-refractivity contribution in [3.63, 3.8) is 0 Å². The maximum atomic E-state index is 14.3. The highest BCUT2D eigenvalue weighted by molar-refractivity contribution is 7.99. The Bertz CT molecular complexity index is 684. The highest BCUT2D eigenvalue weighted by atomic mass is 32.2. The summed E-state index contributed by atoms with van der Waals surface area (Å²) in [6, 6.07) is 5.69. The van der Waals surface area contributed by atoms with Gasteiger partial charge >= 0.3 is 6.03 Å². The van der Waals surface area contributed by atoms with Gasteiger partial charge in [-0.25, -0.2) is 14.2 Å². The van der Waals surface area contributed by atoms with Gasteiger partial charge in [0.05, 0.1) is 0 Å². The van der Waals surface area contributed by atoms with Crippen molar-refractivity contribution in [3.05, 3.63) is 53.9 Å². The molecule has 3 rings (SSSR count). The molecule has 122 valence electrons. The fourth-order valence-electron chi connectivity index (χ4n) is 2.63. The monoisotopic (exact) mass is 334 g/mol. The third kappa shape index (κ3) is 3.50. The van der Waals surface area contributed by atoms with Crippen molar-refractivity contribution < 1.29 is 9.18 Å². The van der Waals surface area contributed by atoms with Gasteiger partial charge in [0.15, 0.2) is 0 Å². The van der Waals surface area contributed by atoms with Crippen molar-refractivity contribution in [3.8, 4) is 0 Å². The third-order valence-electron chi connectivity index (χ3n) is 3.90. The summed E-state index contributed by atoms with van der Waals surface area (Å²) in [5, 5.41) is 2.94. The largest absolute Gasteiger partial charge is 0.336 e. The molecule has 1 aliphatic heterocycles. The molecule has 5 nitrogen and oxygen atoms in total. The van der Waals surface area contributed by atoms with Gasteiger partial charge in [-0.2, -0.15) is 11.8 Å². The lowest BCUT2D eigenvalue weighted by Crippen LogP contribution is -2.46. The smallest absolute Gasteiger partial charge is 0.318 e. The summed E-state index contributed by atoms with van der Waals surface area (Å²) in [5.74, 6) is 2.12. The number of aryl methyl sites for hydroxylation is 1. The van der Waals surface area contributed by atoms with Crippen LogP contribution in [0.3, 0.4) is 0 Å². The van der Waals surface area contributed by atoms with Gasteiger partial charge in [0.1, 0.15) is 17.7 Å². The molecule has 1 aromatic carbocycles. The van der Waals surface area contributed by atoms with E-state index in [1.165, 1.54) is 6.07 Å². The zero-order chi connectivity index (χ0) is 16.2. The van der Waals surface area contributed by atoms with Crippen LogP contribution in [-0.4, -0.2) is 45.1 Å². The molecule has 0 aliphatic carbocycles. The number of halogens is 1. The first-order chi connectivity index (χ1) is 11.2. The Morgan fingerprint density at radius 3 is 2.74 bits per heavy atom. The zero-order valence-corrected chi connectivity index (χ0v) is 13.7. The van der Waals surface area contributed by atoms with Crippen LogP contribution in [0, 0.1) is 5.82 Å². The first-order valence-electron chi connectivity index (χ1n) is 7.51. The quantitative estimate of drug-likeness (QED) is 0.938. The molecule has 0 radical (unpaired) electrons. The van der Waals surface area contributed by atoms with Crippen molar-refractivity contribution in [2.75, 3.05) is 24.6 Å². The Hall–Kier alpha value is -2.02. The van der Waals surface area contributed by atoms with E-state index in [0.29, 0.717) is 24.5 Å². The number of carbonyl (C=O) groups excluding carboxylic acids is 1. The zero-order valence-electron chi connectivity index (χ0n) is 12.9. The molecule has 1 N–H and O–H groups in total. The maximum Gasteiger partial charge on any atom is 0.318 e. The predicted molar refractivity (Wildman–Crippen MR) is 88.9 cm³/mol. The second-order valence-corrected chi connectivity index (χ2v) is 6.62. The molecular formula is C16H19FN4OS. The molecular weight excluding hydrogens is 315 g/mol. The lowest BCUT2D eigenvalue weighted by molar-refractivity contribution is 0.200. The first-order valence-corrected chi connectivity index (χ1v) is 8.67. The van der Waals surface area contributed by atoms with E-state index in [4.69, 9.17) is 0 Å². The van der Waals surface area contributed by atoms with Crippen LogP contribution in [0.15, 0.2) is 36.7 Å². The van der Waals surface area contributed by atoms with Gasteiger partial charge in [0.2, 0.25) is 0 Å². The predicted octanol–water partition coefficient (Wildman–Crippen LogP) is 2.41. The Kier molecular flexibility index (Phi) is 4.85. The van der Waals surface area contributed by atoms with Crippen molar-refractivity contribution in [2.24, 2.45) is 7.05 Å². The number of imidazole rings is 1. The van der Waals surface area contributed by atoms with E-state index < -0.39 is 6.04 Å². The van der Waals surface area contributed by atoms with Crippen LogP contribution in [0.2, 0.25) is 0 Å². The standard InChI is InChI=1S/C16H19FN4OS/c1-20-7-6-18-15(20)14(12-4-2-3-5-13(12)17)19-16(22)21-8-10-23-11-9-21/h2-7,14H,8-11H2,1H3,(H,19,22)/t14-/m0/s1. The van der Waals surface area contributed by atoms with Crippen LogP contribution < -0.4 is 5.32 Å². The van der Waals surface area contributed by atoms with Gasteiger partial charge < -0.3 is 14.8 Å². The molecule has 7 heteroatoms. The number of hydrogen-bond acceptors (Lipinski definition) is 3. The Balaban J connectivity index is 1.88. The highest BCUT2D eigenvalue weighted by Crippen LogP contribution is 2.23. The molecule has 0 saturated carbocycles. The second kappa shape index (κ2) is 7.04. The van der Waals surface area contributed by atoms with E-state index in [2.05, 4.69) is 10.3 Å². The fourth-order valence-corrected chi connectivity index (χ4v) is 3.53. The number of benzene rings is 1. The summed E-state index contributed by atoms with van der Waals surface area (Å²) in [4.78, 5) is 18.6. The molecule has 1 atom stereocenters. The molecule has 2 aromatic rings. The topological polar surface area (TPSA) is 50.2 Å². The van der Waals surface area contributed by atoms with Gasteiger partial charge in [0, 0.05) is 49.6 Å². The molecule has 1 fully saturated rings. The van der Waals surface area contributed by atoms with Crippen LogP contribution in [0.1, 0.15) is 17.4 Å². The number of hydrogen-bond donors (Lipinski definition) is 1. The number of rotatable bonds is 3. The summed E-state index contributed by atoms with van der Waals surface area (Å²) in [7, 11) is 1.83. The summed E-state index contributed by atoms with van der Waals surface area (Å²) in [6.45, 7) is 1.42. The van der Waals surface area contributed by atoms with E-state index in [0.717, 1.165) is 11.5 Å². The molecule has 23 heavy (non-hydrogen) atoms. The molecule has 1 aromatic heterocycles. The average Bonchev–Trinajstić information content (AvgIpc) is 3.00. The minimum atomic E-state index is -0.613. The minimum Gasteiger partial charge on any atom is -0.336 e. The first kappa shape index (κ1) is 15.9. The molecule has 0 bridgehead atoms. The van der Waals surface area contributed by atoms with Gasteiger partial charge in [0.25, 0.3) is 0 Å². The van der Waals surface area contributed by atoms with Gasteiger partial charge in [-0.1, -0.05) is 18.2 Å². The minimum absolute atomic E-state index is 0.179. The van der Waals surface area contributed by atoms with E-state index in [1.54, 1.807) is 40.1 Å². The number of carbonyl (C=O) groups is 1. The molecule has 0 unspecified atom stereocenters. The van der Waals surface area contributed by atoms with E-state index in [9.17, 15) is 9.18 Å². The Morgan fingerprint density at radius 1 is 1.35 bits per heavy atom. The normalized spacial score (nSPS) is 16.2. The van der Waals surface area contributed by atoms with E-state index in [1.807, 2.05) is 18.8 Å². The Labute approximate surface area is 138 Å². The third-order valence-corrected chi connectivity index (χ3v) is 4.84. The highest BCUT2D eigenvalue weighted by Gasteiger charge is 2.26. The van der Waals surface area contributed by atoms with E-state index >= 15 is 0 Å². The van der Waals surface area contributed by atoms with Crippen LogP contribution >= 0.6 is 11.8 Å². The van der Waals surface area contributed by atoms with Crippen molar-refractivity contribution in [1.82, 2.24) is 19.8 Å². The fraction of sp³-hybridized carbons (Fsp3) is 0.375. The van der Waals surface area contributed by atoms with Crippen molar-refractivity contribution in [2.45, 2.75) is 6.04 Å². The summed E-state index contributed by atoms with van der Waals surface area (Å²) in [6.07, 6.45) is 3.43. The van der Waals surface area contributed by atoms with Gasteiger partial charge in [-0.15, -0.1) is 0 Å². The van der Waals surface area contributed by atoms with Crippen LogP contribution in [0.25, 0.3) is 0 Å². The summed E-state index contributed by atoms with van der Waals surface area (Å²) in [5.41, 5.74) is 0.418. The molecule has 0 spiro atoms. The number of nitrogens with one attached hydrogen (secondary N) is 1. The lowest BCUT2D eigenvalue weighted by Gasteiger charge is -2.29. The van der Waals surface area contributed by atoms with Crippen LogP contribution in [0.5, 0.6) is 0 Å². The second-order valence-electron chi connectivity index (χ2n) is 5.40.